The largest absolute Gasteiger partial charge is 0.497 e. The number of allylic oxidation sites excluding steroid dienone is 2. The van der Waals surface area contributed by atoms with Crippen molar-refractivity contribution in [3.63, 3.8) is 0 Å². The summed E-state index contributed by atoms with van der Waals surface area (Å²) in [5.74, 6) is 5.06. The summed E-state index contributed by atoms with van der Waals surface area (Å²) in [4.78, 5) is 0. The van der Waals surface area contributed by atoms with Crippen molar-refractivity contribution in [3.05, 3.63) is 95.0 Å². The monoisotopic (exact) mass is 734 g/mol. The van der Waals surface area contributed by atoms with E-state index < -0.39 is 24.4 Å². The lowest BCUT2D eigenvalue weighted by Gasteiger charge is -2.30. The van der Waals surface area contributed by atoms with Gasteiger partial charge in [0.15, 0.2) is 40.3 Å². The van der Waals surface area contributed by atoms with E-state index in [1.54, 1.807) is 86.0 Å². The Morgan fingerprint density at radius 1 is 0.604 bits per heavy atom. The molecule has 0 spiro atoms. The Bertz CT molecular complexity index is 1750. The quantitative estimate of drug-likeness (QED) is 0.152. The molecule has 2 N–H and O–H groups in total. The summed E-state index contributed by atoms with van der Waals surface area (Å²) >= 11 is 0. The van der Waals surface area contributed by atoms with Crippen LogP contribution in [-0.4, -0.2) is 71.2 Å². The molecule has 1 saturated heterocycles. The van der Waals surface area contributed by atoms with Crippen molar-refractivity contribution in [1.29, 1.82) is 0 Å². The van der Waals surface area contributed by atoms with Crippen LogP contribution in [0.15, 0.2) is 78.3 Å². The highest BCUT2D eigenvalue weighted by Crippen LogP contribution is 2.48. The van der Waals surface area contributed by atoms with Crippen LogP contribution < -0.4 is 28.4 Å². The molecule has 5 rings (SSSR count). The molecule has 0 aromatic heterocycles. The molecule has 3 aromatic carbocycles. The number of ether oxygens (including phenoxy) is 9. The van der Waals surface area contributed by atoms with E-state index in [2.05, 4.69) is 19.9 Å². The number of hydrogen-bond donors (Lipinski definition) is 2. The summed E-state index contributed by atoms with van der Waals surface area (Å²) in [6.45, 7) is 8.06. The minimum absolute atomic E-state index is 0.0502. The standard InChI is InChI=1S/C42H54O11/c1-23-24(2)42(30-14-18-34(38(22-30)50-10)52-26(4)40(44)28-12-16-32(46-6)36(20-28)48-8)53-41(23)29-13-17-33(37(21-29)49-9)51-25(3)39(43)27-11-15-31(45-5)35(19-27)47-7/h11-21,23-26,30,39-44H,22H2,1-10H3/t23-,24?,25?,26-,30-,39?,40+,41?,42?/m1/s1. The summed E-state index contributed by atoms with van der Waals surface area (Å²) in [5, 5.41) is 22.2. The van der Waals surface area contributed by atoms with E-state index in [4.69, 9.17) is 42.6 Å². The molecular weight excluding hydrogens is 680 g/mol. The summed E-state index contributed by atoms with van der Waals surface area (Å²) in [5.41, 5.74) is 2.27. The van der Waals surface area contributed by atoms with E-state index in [1.807, 2.05) is 31.2 Å². The molecule has 3 aromatic rings. The van der Waals surface area contributed by atoms with Gasteiger partial charge in [0.05, 0.1) is 54.9 Å². The normalized spacial score (nSPS) is 23.4. The van der Waals surface area contributed by atoms with Crippen LogP contribution in [0.25, 0.3) is 0 Å². The van der Waals surface area contributed by atoms with Crippen LogP contribution in [0.1, 0.15) is 69.1 Å². The highest BCUT2D eigenvalue weighted by atomic mass is 16.5. The van der Waals surface area contributed by atoms with Crippen molar-refractivity contribution in [1.82, 2.24) is 0 Å². The maximum absolute atomic E-state index is 11.1. The van der Waals surface area contributed by atoms with Crippen LogP contribution in [0.4, 0.5) is 0 Å². The Morgan fingerprint density at radius 3 is 1.64 bits per heavy atom. The number of rotatable bonds is 16. The first-order valence-electron chi connectivity index (χ1n) is 17.9. The Kier molecular flexibility index (Phi) is 13.1. The summed E-state index contributed by atoms with van der Waals surface area (Å²) in [6, 6.07) is 16.4. The van der Waals surface area contributed by atoms with Crippen LogP contribution in [0.2, 0.25) is 0 Å². The van der Waals surface area contributed by atoms with Crippen molar-refractivity contribution in [2.45, 2.75) is 70.7 Å². The number of methoxy groups -OCH3 is 6. The van der Waals surface area contributed by atoms with Crippen molar-refractivity contribution in [2.24, 2.45) is 17.8 Å². The minimum atomic E-state index is -0.926. The van der Waals surface area contributed by atoms with Gasteiger partial charge in [-0.25, -0.2) is 0 Å². The first kappa shape index (κ1) is 39.6. The molecule has 0 saturated carbocycles. The topological polar surface area (TPSA) is 124 Å². The van der Waals surface area contributed by atoms with Crippen molar-refractivity contribution in [3.8, 4) is 34.5 Å². The summed E-state index contributed by atoms with van der Waals surface area (Å²) in [6.07, 6.45) is 1.38. The average Bonchev–Trinajstić information content (AvgIpc) is 3.49. The van der Waals surface area contributed by atoms with Gasteiger partial charge in [-0.2, -0.15) is 0 Å². The number of benzene rings is 3. The molecule has 53 heavy (non-hydrogen) atoms. The van der Waals surface area contributed by atoms with Gasteiger partial charge in [-0.15, -0.1) is 0 Å². The second-order valence-corrected chi connectivity index (χ2v) is 13.6. The third-order valence-corrected chi connectivity index (χ3v) is 10.5. The lowest BCUT2D eigenvalue weighted by atomic mass is 9.81. The first-order chi connectivity index (χ1) is 25.5. The van der Waals surface area contributed by atoms with Crippen LogP contribution in [-0.2, 0) is 14.2 Å². The molecule has 9 atom stereocenters. The highest BCUT2D eigenvalue weighted by molar-refractivity contribution is 5.46. The van der Waals surface area contributed by atoms with Gasteiger partial charge in [0.25, 0.3) is 0 Å². The van der Waals surface area contributed by atoms with Gasteiger partial charge in [-0.3, -0.25) is 0 Å². The summed E-state index contributed by atoms with van der Waals surface area (Å²) in [7, 11) is 9.50. The fraction of sp³-hybridized carbons (Fsp3) is 0.476. The molecule has 0 radical (unpaired) electrons. The smallest absolute Gasteiger partial charge is 0.161 e. The van der Waals surface area contributed by atoms with Crippen molar-refractivity contribution < 1.29 is 52.8 Å². The van der Waals surface area contributed by atoms with Gasteiger partial charge in [-0.05, 0) is 84.8 Å². The Labute approximate surface area is 313 Å². The van der Waals surface area contributed by atoms with Crippen molar-refractivity contribution >= 4 is 0 Å². The average molecular weight is 735 g/mol. The first-order valence-corrected chi connectivity index (χ1v) is 17.9. The SMILES string of the molecule is COC1=C(O[C@H](C)[C@H](O)c2ccc(OC)c(OC)c2)C=C[C@@H](C2OC(c3ccc(OC(C)C(O)c4ccc(OC)c(OC)c4)c(OC)c3)[C@H](C)C2C)C1. The van der Waals surface area contributed by atoms with Gasteiger partial charge < -0.3 is 52.8 Å². The third kappa shape index (κ3) is 8.48. The molecule has 1 heterocycles. The van der Waals surface area contributed by atoms with E-state index >= 15 is 0 Å². The fourth-order valence-corrected chi connectivity index (χ4v) is 7.17. The molecule has 1 aliphatic carbocycles. The lowest BCUT2D eigenvalue weighted by Crippen LogP contribution is -2.28. The molecule has 288 valence electrons. The number of hydrogen-bond acceptors (Lipinski definition) is 11. The molecule has 2 aliphatic rings. The zero-order valence-electron chi connectivity index (χ0n) is 32.3. The van der Waals surface area contributed by atoms with Crippen LogP contribution in [0.3, 0.4) is 0 Å². The Morgan fingerprint density at radius 2 is 1.11 bits per heavy atom. The van der Waals surface area contributed by atoms with E-state index in [1.165, 1.54) is 0 Å². The minimum Gasteiger partial charge on any atom is -0.497 e. The zero-order chi connectivity index (χ0) is 38.4. The number of aliphatic hydroxyl groups excluding tert-OH is 2. The van der Waals surface area contributed by atoms with Gasteiger partial charge in [0, 0.05) is 12.3 Å². The van der Waals surface area contributed by atoms with Crippen molar-refractivity contribution in [2.75, 3.05) is 42.7 Å². The van der Waals surface area contributed by atoms with Gasteiger partial charge >= 0.3 is 0 Å². The molecule has 1 fully saturated rings. The van der Waals surface area contributed by atoms with Gasteiger partial charge in [0.1, 0.15) is 30.2 Å². The maximum Gasteiger partial charge on any atom is 0.161 e. The molecule has 11 heteroatoms. The van der Waals surface area contributed by atoms with Crippen LogP contribution in [0, 0.1) is 17.8 Å². The second-order valence-electron chi connectivity index (χ2n) is 13.6. The fourth-order valence-electron chi connectivity index (χ4n) is 7.17. The second kappa shape index (κ2) is 17.5. The molecule has 0 amide bonds. The van der Waals surface area contributed by atoms with Crippen LogP contribution >= 0.6 is 0 Å². The zero-order valence-corrected chi connectivity index (χ0v) is 32.3. The number of aliphatic hydroxyl groups is 2. The predicted octanol–water partition coefficient (Wildman–Crippen LogP) is 7.52. The Hall–Kier alpha value is -4.58. The van der Waals surface area contributed by atoms with E-state index in [0.29, 0.717) is 63.6 Å². The molecule has 1 aliphatic heterocycles. The summed E-state index contributed by atoms with van der Waals surface area (Å²) < 4.78 is 52.4. The third-order valence-electron chi connectivity index (χ3n) is 10.5. The Balaban J connectivity index is 1.25. The maximum atomic E-state index is 11.1. The molecule has 0 bridgehead atoms. The highest BCUT2D eigenvalue weighted by Gasteiger charge is 2.44. The molecular formula is C42H54O11. The molecule has 5 unspecified atom stereocenters. The molecule has 11 nitrogen and oxygen atoms in total. The van der Waals surface area contributed by atoms with E-state index in [0.717, 1.165) is 5.56 Å². The van der Waals surface area contributed by atoms with E-state index in [9.17, 15) is 10.2 Å². The van der Waals surface area contributed by atoms with Gasteiger partial charge in [-0.1, -0.05) is 38.1 Å². The lowest BCUT2D eigenvalue weighted by molar-refractivity contribution is -0.00688. The predicted molar refractivity (Wildman–Crippen MR) is 200 cm³/mol. The van der Waals surface area contributed by atoms with Crippen LogP contribution in [0.5, 0.6) is 34.5 Å². The van der Waals surface area contributed by atoms with E-state index in [-0.39, 0.29) is 30.0 Å². The van der Waals surface area contributed by atoms with Gasteiger partial charge in [0.2, 0.25) is 0 Å².